The van der Waals surface area contributed by atoms with Crippen LogP contribution in [-0.4, -0.2) is 11.8 Å². The van der Waals surface area contributed by atoms with E-state index in [1.807, 2.05) is 0 Å². The Morgan fingerprint density at radius 3 is 2.44 bits per heavy atom. The van der Waals surface area contributed by atoms with Crippen LogP contribution in [0, 0.1) is 5.82 Å². The highest BCUT2D eigenvalue weighted by atomic mass is 79.9. The molecule has 0 spiro atoms. The lowest BCUT2D eigenvalue weighted by atomic mass is 9.89. The van der Waals surface area contributed by atoms with Gasteiger partial charge in [0.15, 0.2) is 0 Å². The smallest absolute Gasteiger partial charge is 0.227 e. The van der Waals surface area contributed by atoms with Crippen molar-refractivity contribution < 1.29 is 14.0 Å². The van der Waals surface area contributed by atoms with Gasteiger partial charge in [0.05, 0.1) is 0 Å². The topological polar surface area (TPSA) is 46.2 Å². The van der Waals surface area contributed by atoms with Crippen molar-refractivity contribution in [2.45, 2.75) is 18.8 Å². The van der Waals surface area contributed by atoms with E-state index in [0.717, 1.165) is 0 Å². The van der Waals surface area contributed by atoms with Gasteiger partial charge in [0, 0.05) is 23.2 Å². The first-order valence-corrected chi connectivity index (χ1v) is 5.63. The number of benzene rings is 1. The molecule has 0 radical (unpaired) electrons. The van der Waals surface area contributed by atoms with Gasteiger partial charge in [-0.1, -0.05) is 22.0 Å². The lowest BCUT2D eigenvalue weighted by Gasteiger charge is -2.21. The average molecular weight is 286 g/mol. The molecule has 2 rings (SSSR count). The van der Waals surface area contributed by atoms with E-state index >= 15 is 0 Å². The molecule has 5 heteroatoms. The molecule has 1 aromatic rings. The zero-order valence-electron chi connectivity index (χ0n) is 8.30. The van der Waals surface area contributed by atoms with Crippen LogP contribution in [0.15, 0.2) is 22.7 Å². The summed E-state index contributed by atoms with van der Waals surface area (Å²) in [6.07, 6.45) is 0.314. The minimum atomic E-state index is -0.387. The Hall–Kier alpha value is -1.23. The minimum absolute atomic E-state index is 0.157. The van der Waals surface area contributed by atoms with E-state index in [0.29, 0.717) is 10.0 Å². The molecule has 2 amide bonds. The van der Waals surface area contributed by atoms with Gasteiger partial charge in [0.25, 0.3) is 0 Å². The van der Waals surface area contributed by atoms with Crippen LogP contribution in [0.3, 0.4) is 0 Å². The Kier molecular flexibility index (Phi) is 3.05. The fraction of sp³-hybridized carbons (Fsp3) is 0.273. The SMILES string of the molecule is O=C1CC(c2ccc(Br)cc2F)CC(=O)N1. The van der Waals surface area contributed by atoms with Crippen molar-refractivity contribution in [3.05, 3.63) is 34.1 Å². The van der Waals surface area contributed by atoms with E-state index in [4.69, 9.17) is 0 Å². The Morgan fingerprint density at radius 2 is 1.88 bits per heavy atom. The quantitative estimate of drug-likeness (QED) is 0.804. The second-order valence-electron chi connectivity index (χ2n) is 3.74. The maximum atomic E-state index is 13.6. The van der Waals surface area contributed by atoms with Crippen LogP contribution in [-0.2, 0) is 9.59 Å². The molecule has 1 aliphatic heterocycles. The number of hydrogen-bond donors (Lipinski definition) is 1. The molecule has 1 heterocycles. The zero-order valence-corrected chi connectivity index (χ0v) is 9.88. The predicted octanol–water partition coefficient (Wildman–Crippen LogP) is 2.11. The maximum Gasteiger partial charge on any atom is 0.227 e. The lowest BCUT2D eigenvalue weighted by molar-refractivity contribution is -0.133. The van der Waals surface area contributed by atoms with Crippen LogP contribution >= 0.6 is 15.9 Å². The molecule has 0 atom stereocenters. The highest BCUT2D eigenvalue weighted by molar-refractivity contribution is 9.10. The first-order valence-electron chi connectivity index (χ1n) is 4.84. The van der Waals surface area contributed by atoms with E-state index < -0.39 is 0 Å². The third-order valence-corrected chi connectivity index (χ3v) is 3.04. The second-order valence-corrected chi connectivity index (χ2v) is 4.66. The van der Waals surface area contributed by atoms with E-state index in [2.05, 4.69) is 21.2 Å². The van der Waals surface area contributed by atoms with Crippen LogP contribution in [0.1, 0.15) is 24.3 Å². The molecule has 3 nitrogen and oxygen atoms in total. The number of rotatable bonds is 1. The van der Waals surface area contributed by atoms with Gasteiger partial charge >= 0.3 is 0 Å². The summed E-state index contributed by atoms with van der Waals surface area (Å²) in [5.74, 6) is -1.43. The Bertz CT molecular complexity index is 445. The van der Waals surface area contributed by atoms with Gasteiger partial charge in [-0.3, -0.25) is 14.9 Å². The summed E-state index contributed by atoms with van der Waals surface area (Å²) < 4.78 is 14.3. The van der Waals surface area contributed by atoms with Gasteiger partial charge in [-0.05, 0) is 17.7 Å². The van der Waals surface area contributed by atoms with Crippen molar-refractivity contribution in [2.75, 3.05) is 0 Å². The minimum Gasteiger partial charge on any atom is -0.296 e. The summed E-state index contributed by atoms with van der Waals surface area (Å²) in [6.45, 7) is 0. The summed E-state index contributed by atoms with van der Waals surface area (Å²) in [7, 11) is 0. The summed E-state index contributed by atoms with van der Waals surface area (Å²) in [5, 5.41) is 2.20. The molecule has 0 aliphatic carbocycles. The van der Waals surface area contributed by atoms with Crippen LogP contribution in [0.2, 0.25) is 0 Å². The number of piperidine rings is 1. The molecule has 16 heavy (non-hydrogen) atoms. The second kappa shape index (κ2) is 4.33. The monoisotopic (exact) mass is 285 g/mol. The lowest BCUT2D eigenvalue weighted by Crippen LogP contribution is -2.37. The average Bonchev–Trinajstić information content (AvgIpc) is 2.15. The number of halogens is 2. The van der Waals surface area contributed by atoms with Crippen molar-refractivity contribution in [3.8, 4) is 0 Å². The first-order chi connectivity index (χ1) is 7.56. The standard InChI is InChI=1S/C11H9BrFNO2/c12-7-1-2-8(9(13)5-7)6-3-10(15)14-11(16)4-6/h1-2,5-6H,3-4H2,(H,14,15,16). The van der Waals surface area contributed by atoms with Gasteiger partial charge < -0.3 is 0 Å². The summed E-state index contributed by atoms with van der Waals surface area (Å²) in [6, 6.07) is 4.65. The van der Waals surface area contributed by atoms with E-state index in [-0.39, 0.29) is 36.4 Å². The van der Waals surface area contributed by atoms with E-state index in [9.17, 15) is 14.0 Å². The van der Waals surface area contributed by atoms with Crippen molar-refractivity contribution in [1.29, 1.82) is 0 Å². The fourth-order valence-electron chi connectivity index (χ4n) is 1.83. The Labute approximate surface area is 100 Å². The third-order valence-electron chi connectivity index (χ3n) is 2.54. The van der Waals surface area contributed by atoms with E-state index in [1.165, 1.54) is 6.07 Å². The molecule has 1 aromatic carbocycles. The number of carbonyl (C=O) groups is 2. The van der Waals surface area contributed by atoms with Crippen LogP contribution < -0.4 is 5.32 Å². The molecule has 0 saturated carbocycles. The van der Waals surface area contributed by atoms with Gasteiger partial charge in [-0.15, -0.1) is 0 Å². The van der Waals surface area contributed by atoms with Crippen LogP contribution in [0.25, 0.3) is 0 Å². The fourth-order valence-corrected chi connectivity index (χ4v) is 2.16. The zero-order chi connectivity index (χ0) is 11.7. The largest absolute Gasteiger partial charge is 0.296 e. The van der Waals surface area contributed by atoms with Crippen LogP contribution in [0.5, 0.6) is 0 Å². The molecule has 0 aromatic heterocycles. The van der Waals surface area contributed by atoms with Crippen molar-refractivity contribution in [3.63, 3.8) is 0 Å². The number of imide groups is 1. The van der Waals surface area contributed by atoms with Crippen molar-refractivity contribution in [1.82, 2.24) is 5.32 Å². The van der Waals surface area contributed by atoms with Crippen LogP contribution in [0.4, 0.5) is 4.39 Å². The van der Waals surface area contributed by atoms with E-state index in [1.54, 1.807) is 12.1 Å². The highest BCUT2D eigenvalue weighted by Crippen LogP contribution is 2.29. The molecule has 1 aliphatic rings. The number of carbonyl (C=O) groups excluding carboxylic acids is 2. The predicted molar refractivity (Wildman–Crippen MR) is 59.2 cm³/mol. The van der Waals surface area contributed by atoms with Crippen molar-refractivity contribution in [2.24, 2.45) is 0 Å². The third kappa shape index (κ3) is 2.29. The Morgan fingerprint density at radius 1 is 1.25 bits per heavy atom. The molecule has 1 fully saturated rings. The molecular formula is C11H9BrFNO2. The van der Waals surface area contributed by atoms with Gasteiger partial charge in [0.1, 0.15) is 5.82 Å². The summed E-state index contributed by atoms with van der Waals surface area (Å²) in [4.78, 5) is 22.3. The van der Waals surface area contributed by atoms with Gasteiger partial charge in [0.2, 0.25) is 11.8 Å². The van der Waals surface area contributed by atoms with Crippen molar-refractivity contribution >= 4 is 27.7 Å². The maximum absolute atomic E-state index is 13.6. The molecule has 84 valence electrons. The number of amides is 2. The normalized spacial score (nSPS) is 17.4. The molecule has 0 unspecified atom stereocenters. The molecule has 1 N–H and O–H groups in total. The number of hydrogen-bond acceptors (Lipinski definition) is 2. The van der Waals surface area contributed by atoms with Gasteiger partial charge in [-0.2, -0.15) is 0 Å². The highest BCUT2D eigenvalue weighted by Gasteiger charge is 2.27. The summed E-state index contributed by atoms with van der Waals surface area (Å²) in [5.41, 5.74) is 0.423. The first kappa shape index (κ1) is 11.3. The molecule has 1 saturated heterocycles. The molecular weight excluding hydrogens is 277 g/mol. The number of nitrogens with one attached hydrogen (secondary N) is 1. The molecule has 0 bridgehead atoms. The van der Waals surface area contributed by atoms with Gasteiger partial charge in [-0.25, -0.2) is 4.39 Å². The summed E-state index contributed by atoms with van der Waals surface area (Å²) >= 11 is 3.16. The Balaban J connectivity index is 2.29.